The van der Waals surface area contributed by atoms with Crippen molar-refractivity contribution in [2.75, 3.05) is 18.4 Å². The number of hydrogen-bond donors (Lipinski definition) is 2. The number of hydrogen-bond acceptors (Lipinski definition) is 3. The molecule has 0 spiro atoms. The van der Waals surface area contributed by atoms with E-state index in [0.717, 1.165) is 49.2 Å². The molecule has 2 aromatic heterocycles. The fraction of sp³-hybridized carbons (Fsp3) is 0.400. The molecule has 2 aliphatic rings. The summed E-state index contributed by atoms with van der Waals surface area (Å²) in [6.07, 6.45) is 8.63. The molecule has 1 aliphatic heterocycles. The van der Waals surface area contributed by atoms with Gasteiger partial charge in [0, 0.05) is 49.8 Å². The average molecular weight is 432 g/mol. The summed E-state index contributed by atoms with van der Waals surface area (Å²) in [5.41, 5.74) is 3.90. The zero-order valence-corrected chi connectivity index (χ0v) is 18.3. The van der Waals surface area contributed by atoms with E-state index >= 15 is 0 Å². The van der Waals surface area contributed by atoms with Gasteiger partial charge in [0.2, 0.25) is 5.91 Å². The molecule has 1 aromatic carbocycles. The Balaban J connectivity index is 1.09. The van der Waals surface area contributed by atoms with Crippen LogP contribution in [0.3, 0.4) is 0 Å². The zero-order valence-electron chi connectivity index (χ0n) is 18.3. The topological polar surface area (TPSA) is 78.7 Å². The Kier molecular flexibility index (Phi) is 5.55. The molecule has 1 saturated carbocycles. The van der Waals surface area contributed by atoms with Crippen LogP contribution in [0.5, 0.6) is 0 Å². The van der Waals surface area contributed by atoms with Crippen LogP contribution in [-0.4, -0.2) is 39.3 Å². The number of fused-ring (bicyclic) bond motifs is 1. The van der Waals surface area contributed by atoms with Gasteiger partial charge >= 0.3 is 6.03 Å². The van der Waals surface area contributed by atoms with Crippen LogP contribution in [0.1, 0.15) is 43.2 Å². The van der Waals surface area contributed by atoms with Crippen molar-refractivity contribution < 1.29 is 9.59 Å². The van der Waals surface area contributed by atoms with Crippen molar-refractivity contribution in [3.05, 3.63) is 66.1 Å². The lowest BCUT2D eigenvalue weighted by Gasteiger charge is -2.32. The summed E-state index contributed by atoms with van der Waals surface area (Å²) in [6.45, 7) is 4.29. The number of likely N-dealkylation sites (tertiary alicyclic amines) is 1. The van der Waals surface area contributed by atoms with Gasteiger partial charge in [-0.3, -0.25) is 4.79 Å². The number of carbonyl (C=O) groups excluding carboxylic acids is 2. The van der Waals surface area contributed by atoms with Gasteiger partial charge in [-0.25, -0.2) is 9.78 Å². The van der Waals surface area contributed by atoms with Gasteiger partial charge in [0.15, 0.2) is 0 Å². The van der Waals surface area contributed by atoms with E-state index in [1.807, 2.05) is 41.1 Å². The van der Waals surface area contributed by atoms with Crippen LogP contribution in [0.4, 0.5) is 10.5 Å². The Morgan fingerprint density at radius 1 is 1.09 bits per heavy atom. The van der Waals surface area contributed by atoms with Crippen molar-refractivity contribution >= 4 is 23.3 Å². The lowest BCUT2D eigenvalue weighted by Crippen LogP contribution is -2.39. The third-order valence-electron chi connectivity index (χ3n) is 6.79. The normalized spacial score (nSPS) is 20.8. The van der Waals surface area contributed by atoms with Crippen LogP contribution >= 0.6 is 0 Å². The first kappa shape index (κ1) is 20.5. The Bertz CT molecular complexity index is 1110. The maximum absolute atomic E-state index is 12.4. The molecule has 3 heterocycles. The molecular formula is C25H29N5O2. The molecule has 5 rings (SSSR count). The third kappa shape index (κ3) is 4.47. The lowest BCUT2D eigenvalue weighted by molar-refractivity contribution is -0.133. The second kappa shape index (κ2) is 8.65. The molecule has 3 amide bonds. The number of anilines is 1. The minimum absolute atomic E-state index is 0.234. The number of pyridine rings is 1. The summed E-state index contributed by atoms with van der Waals surface area (Å²) in [5.74, 6) is 1.66. The van der Waals surface area contributed by atoms with E-state index in [0.29, 0.717) is 24.3 Å². The summed E-state index contributed by atoms with van der Waals surface area (Å²) in [4.78, 5) is 31.0. The molecule has 2 atom stereocenters. The molecule has 0 bridgehead atoms. The number of carbonyl (C=O) groups is 2. The number of urea groups is 1. The molecule has 1 aliphatic carbocycles. The first-order valence-corrected chi connectivity index (χ1v) is 11.4. The van der Waals surface area contributed by atoms with Gasteiger partial charge in [-0.15, -0.1) is 0 Å². The summed E-state index contributed by atoms with van der Waals surface area (Å²) in [7, 11) is 0. The van der Waals surface area contributed by atoms with E-state index in [1.165, 1.54) is 5.56 Å². The van der Waals surface area contributed by atoms with Crippen molar-refractivity contribution in [3.8, 4) is 0 Å². The molecule has 166 valence electrons. The number of aromatic nitrogens is 2. The van der Waals surface area contributed by atoms with Crippen LogP contribution in [0, 0.1) is 11.8 Å². The molecule has 3 aromatic rings. The predicted molar refractivity (Wildman–Crippen MR) is 123 cm³/mol. The quantitative estimate of drug-likeness (QED) is 0.641. The standard InChI is InChI=1S/C25H29N5O2/c1-17-14-22(17)24(31)30-11-7-20(8-12-30)19-2-4-21(5-3-19)28-25(32)27-16-18-6-10-29-13-9-26-23(29)15-18/h2-6,9-10,13,15,17,20,22H,7-8,11-12,14,16H2,1H3,(H2,27,28,32). The molecule has 1 saturated heterocycles. The van der Waals surface area contributed by atoms with Crippen LogP contribution in [0.2, 0.25) is 0 Å². The van der Waals surface area contributed by atoms with Gasteiger partial charge in [0.05, 0.1) is 0 Å². The predicted octanol–water partition coefficient (Wildman–Crippen LogP) is 4.02. The van der Waals surface area contributed by atoms with Crippen molar-refractivity contribution in [1.82, 2.24) is 19.6 Å². The summed E-state index contributed by atoms with van der Waals surface area (Å²) < 4.78 is 1.93. The highest BCUT2D eigenvalue weighted by Gasteiger charge is 2.42. The Morgan fingerprint density at radius 2 is 1.84 bits per heavy atom. The molecule has 0 radical (unpaired) electrons. The van der Waals surface area contributed by atoms with Crippen molar-refractivity contribution in [2.24, 2.45) is 11.8 Å². The van der Waals surface area contributed by atoms with E-state index in [-0.39, 0.29) is 11.9 Å². The highest BCUT2D eigenvalue weighted by Crippen LogP contribution is 2.40. The number of benzene rings is 1. The first-order valence-electron chi connectivity index (χ1n) is 11.4. The van der Waals surface area contributed by atoms with E-state index in [4.69, 9.17) is 0 Å². The summed E-state index contributed by atoms with van der Waals surface area (Å²) in [5, 5.41) is 5.79. The number of piperidine rings is 1. The fourth-order valence-corrected chi connectivity index (χ4v) is 4.59. The van der Waals surface area contributed by atoms with Gasteiger partial charge in [-0.1, -0.05) is 19.1 Å². The number of nitrogens with one attached hydrogen (secondary N) is 2. The minimum Gasteiger partial charge on any atom is -0.342 e. The smallest absolute Gasteiger partial charge is 0.319 e. The second-order valence-corrected chi connectivity index (χ2v) is 9.08. The van der Waals surface area contributed by atoms with E-state index in [1.54, 1.807) is 6.20 Å². The van der Waals surface area contributed by atoms with Crippen LogP contribution < -0.4 is 10.6 Å². The van der Waals surface area contributed by atoms with Crippen molar-refractivity contribution in [3.63, 3.8) is 0 Å². The SMILES string of the molecule is CC1CC1C(=O)N1CCC(c2ccc(NC(=O)NCc3ccn4ccnc4c3)cc2)CC1. The molecule has 2 unspecified atom stereocenters. The average Bonchev–Trinajstić information content (AvgIpc) is 3.36. The number of amides is 3. The maximum Gasteiger partial charge on any atom is 0.319 e. The van der Waals surface area contributed by atoms with E-state index in [2.05, 4.69) is 39.6 Å². The minimum atomic E-state index is -0.234. The molecule has 2 fully saturated rings. The number of imidazole rings is 1. The Hall–Kier alpha value is -3.35. The van der Waals surface area contributed by atoms with Gasteiger partial charge in [0.25, 0.3) is 0 Å². The Morgan fingerprint density at radius 3 is 2.56 bits per heavy atom. The number of rotatable bonds is 5. The second-order valence-electron chi connectivity index (χ2n) is 9.08. The third-order valence-corrected chi connectivity index (χ3v) is 6.79. The Labute approximate surface area is 187 Å². The highest BCUT2D eigenvalue weighted by molar-refractivity contribution is 5.89. The lowest BCUT2D eigenvalue weighted by atomic mass is 9.89. The molecular weight excluding hydrogens is 402 g/mol. The first-order chi connectivity index (χ1) is 15.6. The number of nitrogens with zero attached hydrogens (tertiary/aromatic N) is 3. The van der Waals surface area contributed by atoms with E-state index < -0.39 is 0 Å². The van der Waals surface area contributed by atoms with E-state index in [9.17, 15) is 9.59 Å². The molecule has 7 heteroatoms. The van der Waals surface area contributed by atoms with Gasteiger partial charge in [0.1, 0.15) is 5.65 Å². The van der Waals surface area contributed by atoms with Crippen molar-refractivity contribution in [1.29, 1.82) is 0 Å². The van der Waals surface area contributed by atoms with Gasteiger partial charge < -0.3 is 19.9 Å². The highest BCUT2D eigenvalue weighted by atomic mass is 16.2. The molecule has 32 heavy (non-hydrogen) atoms. The van der Waals surface area contributed by atoms with Crippen LogP contribution in [0.15, 0.2) is 55.0 Å². The fourth-order valence-electron chi connectivity index (χ4n) is 4.59. The molecule has 7 nitrogen and oxygen atoms in total. The largest absolute Gasteiger partial charge is 0.342 e. The monoisotopic (exact) mass is 431 g/mol. The maximum atomic E-state index is 12.4. The summed E-state index contributed by atoms with van der Waals surface area (Å²) in [6, 6.07) is 11.8. The summed E-state index contributed by atoms with van der Waals surface area (Å²) >= 11 is 0. The molecule has 2 N–H and O–H groups in total. The van der Waals surface area contributed by atoms with Gasteiger partial charge in [-0.2, -0.15) is 0 Å². The zero-order chi connectivity index (χ0) is 22.1. The van der Waals surface area contributed by atoms with Crippen molar-refractivity contribution in [2.45, 2.75) is 38.6 Å². The van der Waals surface area contributed by atoms with Gasteiger partial charge in [-0.05, 0) is 66.5 Å². The van der Waals surface area contributed by atoms with Crippen LogP contribution in [0.25, 0.3) is 5.65 Å². The van der Waals surface area contributed by atoms with Crippen LogP contribution in [-0.2, 0) is 11.3 Å².